The number of anilines is 1. The third kappa shape index (κ3) is 3.52. The molecule has 0 aliphatic heterocycles. The summed E-state index contributed by atoms with van der Waals surface area (Å²) < 4.78 is 11.4. The fraction of sp³-hybridized carbons (Fsp3) is 0.105. The number of methoxy groups -OCH3 is 1. The van der Waals surface area contributed by atoms with Crippen LogP contribution in [0.25, 0.3) is 5.69 Å². The average Bonchev–Trinajstić information content (AvgIpc) is 3.33. The Bertz CT molecular complexity index is 1010. The number of nitrogens with one attached hydrogen (secondary N) is 1. The molecule has 27 heavy (non-hydrogen) atoms. The van der Waals surface area contributed by atoms with E-state index in [4.69, 9.17) is 20.1 Å². The molecule has 0 atom stereocenters. The number of ether oxygens (including phenoxy) is 1. The molecule has 0 saturated carbocycles. The summed E-state index contributed by atoms with van der Waals surface area (Å²) in [6.45, 7) is 0.278. The lowest BCUT2D eigenvalue weighted by Gasteiger charge is -2.09. The molecule has 0 fully saturated rings. The number of furan rings is 1. The van der Waals surface area contributed by atoms with E-state index >= 15 is 0 Å². The maximum atomic E-state index is 12.2. The third-order valence-corrected chi connectivity index (χ3v) is 3.95. The zero-order valence-electron chi connectivity index (χ0n) is 14.4. The topological polar surface area (TPSA) is 123 Å². The van der Waals surface area contributed by atoms with Crippen molar-refractivity contribution >= 4 is 17.6 Å². The van der Waals surface area contributed by atoms with Gasteiger partial charge in [0.05, 0.1) is 31.2 Å². The Balaban J connectivity index is 1.84. The van der Waals surface area contributed by atoms with Crippen molar-refractivity contribution in [2.75, 3.05) is 12.8 Å². The van der Waals surface area contributed by atoms with E-state index in [-0.39, 0.29) is 29.4 Å². The van der Waals surface area contributed by atoms with Gasteiger partial charge in [-0.1, -0.05) is 0 Å². The number of nitriles is 1. The Labute approximate surface area is 154 Å². The largest absolute Gasteiger partial charge is 0.467 e. The number of carbonyl (C=O) groups excluding carboxylic acids is 2. The molecule has 0 spiro atoms. The quantitative estimate of drug-likeness (QED) is 0.669. The monoisotopic (exact) mass is 364 g/mol. The number of rotatable bonds is 5. The molecule has 3 rings (SSSR count). The van der Waals surface area contributed by atoms with Gasteiger partial charge in [0.25, 0.3) is 5.91 Å². The first-order valence-corrected chi connectivity index (χ1v) is 7.95. The summed E-state index contributed by atoms with van der Waals surface area (Å²) in [4.78, 5) is 24.2. The second kappa shape index (κ2) is 7.49. The predicted octanol–water partition coefficient (Wildman–Crippen LogP) is 2.24. The minimum absolute atomic E-state index is 0.0459. The number of carbonyl (C=O) groups is 2. The van der Waals surface area contributed by atoms with E-state index in [1.54, 1.807) is 36.4 Å². The molecule has 0 unspecified atom stereocenters. The Morgan fingerprint density at radius 3 is 2.63 bits per heavy atom. The highest BCUT2D eigenvalue weighted by molar-refractivity contribution is 5.96. The van der Waals surface area contributed by atoms with Crippen molar-refractivity contribution in [2.45, 2.75) is 6.54 Å². The van der Waals surface area contributed by atoms with Gasteiger partial charge in [-0.15, -0.1) is 0 Å². The molecule has 1 amide bonds. The van der Waals surface area contributed by atoms with E-state index in [9.17, 15) is 9.59 Å². The number of hydrogen-bond donors (Lipinski definition) is 2. The summed E-state index contributed by atoms with van der Waals surface area (Å²) in [5.41, 5.74) is 7.14. The molecule has 0 saturated heterocycles. The summed E-state index contributed by atoms with van der Waals surface area (Å²) in [6.07, 6.45) is 2.99. The number of nitrogens with zero attached hydrogens (tertiary/aromatic N) is 2. The third-order valence-electron chi connectivity index (χ3n) is 3.95. The molecule has 3 N–H and O–H groups in total. The van der Waals surface area contributed by atoms with Crippen LogP contribution in [-0.4, -0.2) is 23.6 Å². The van der Waals surface area contributed by atoms with Gasteiger partial charge >= 0.3 is 5.97 Å². The van der Waals surface area contributed by atoms with Gasteiger partial charge in [-0.25, -0.2) is 4.79 Å². The minimum atomic E-state index is -0.658. The van der Waals surface area contributed by atoms with Crippen LogP contribution in [0, 0.1) is 11.3 Å². The Hall–Kier alpha value is -3.99. The lowest BCUT2D eigenvalue weighted by atomic mass is 10.2. The fourth-order valence-corrected chi connectivity index (χ4v) is 2.57. The average molecular weight is 364 g/mol. The molecule has 8 heteroatoms. The van der Waals surface area contributed by atoms with Crippen LogP contribution in [0.3, 0.4) is 0 Å². The zero-order chi connectivity index (χ0) is 19.4. The second-order valence-corrected chi connectivity index (χ2v) is 5.59. The number of nitrogens with two attached hydrogens (primary N) is 1. The Morgan fingerprint density at radius 2 is 2.04 bits per heavy atom. The first-order chi connectivity index (χ1) is 13.0. The van der Waals surface area contributed by atoms with Crippen LogP contribution in [0.2, 0.25) is 0 Å². The second-order valence-electron chi connectivity index (χ2n) is 5.59. The number of aromatic nitrogens is 1. The first-order valence-electron chi connectivity index (χ1n) is 7.95. The molecule has 2 heterocycles. The van der Waals surface area contributed by atoms with Crippen molar-refractivity contribution in [3.8, 4) is 11.8 Å². The Kier molecular flexibility index (Phi) is 4.95. The summed E-state index contributed by atoms with van der Waals surface area (Å²) >= 11 is 0. The molecule has 1 aromatic carbocycles. The molecule has 0 bridgehead atoms. The lowest BCUT2D eigenvalue weighted by molar-refractivity contribution is 0.0592. The van der Waals surface area contributed by atoms with Crippen LogP contribution in [0.15, 0.2) is 53.3 Å². The maximum absolute atomic E-state index is 12.2. The van der Waals surface area contributed by atoms with Gasteiger partial charge in [0.2, 0.25) is 0 Å². The van der Waals surface area contributed by atoms with Crippen LogP contribution < -0.4 is 11.1 Å². The smallest absolute Gasteiger partial charge is 0.357 e. The van der Waals surface area contributed by atoms with Crippen molar-refractivity contribution < 1.29 is 18.7 Å². The van der Waals surface area contributed by atoms with Crippen molar-refractivity contribution in [1.82, 2.24) is 9.88 Å². The zero-order valence-corrected chi connectivity index (χ0v) is 14.4. The van der Waals surface area contributed by atoms with E-state index in [1.807, 2.05) is 6.07 Å². The normalized spacial score (nSPS) is 10.2. The molecular formula is C19H16N4O4. The molecule has 0 aliphatic carbocycles. The van der Waals surface area contributed by atoms with E-state index in [1.165, 1.54) is 24.1 Å². The SMILES string of the molecule is COC(=O)c1c(N)c(C#N)cn1-c1ccc(C(=O)NCc2ccco2)cc1. The van der Waals surface area contributed by atoms with E-state index < -0.39 is 5.97 Å². The summed E-state index contributed by atoms with van der Waals surface area (Å²) in [6, 6.07) is 12.0. The number of esters is 1. The molecule has 2 aromatic heterocycles. The fourth-order valence-electron chi connectivity index (χ4n) is 2.57. The molecule has 0 radical (unpaired) electrons. The van der Waals surface area contributed by atoms with Crippen molar-refractivity contribution in [3.05, 3.63) is 71.4 Å². The van der Waals surface area contributed by atoms with Crippen LogP contribution in [0.1, 0.15) is 32.2 Å². The lowest BCUT2D eigenvalue weighted by Crippen LogP contribution is -2.22. The predicted molar refractivity (Wildman–Crippen MR) is 96.1 cm³/mol. The maximum Gasteiger partial charge on any atom is 0.357 e. The van der Waals surface area contributed by atoms with E-state index in [0.717, 1.165) is 0 Å². The number of hydrogen-bond acceptors (Lipinski definition) is 6. The number of benzene rings is 1. The van der Waals surface area contributed by atoms with Crippen molar-refractivity contribution in [3.63, 3.8) is 0 Å². The van der Waals surface area contributed by atoms with Crippen molar-refractivity contribution in [1.29, 1.82) is 5.26 Å². The Morgan fingerprint density at radius 1 is 1.30 bits per heavy atom. The van der Waals surface area contributed by atoms with Gasteiger partial charge in [0.1, 0.15) is 11.8 Å². The van der Waals surface area contributed by atoms with Crippen LogP contribution in [0.4, 0.5) is 5.69 Å². The van der Waals surface area contributed by atoms with Crippen LogP contribution >= 0.6 is 0 Å². The molecule has 8 nitrogen and oxygen atoms in total. The van der Waals surface area contributed by atoms with Gasteiger partial charge in [-0.3, -0.25) is 4.79 Å². The molecule has 0 aliphatic rings. The number of amides is 1. The van der Waals surface area contributed by atoms with Gasteiger partial charge in [-0.2, -0.15) is 5.26 Å². The van der Waals surface area contributed by atoms with Gasteiger partial charge in [0.15, 0.2) is 5.69 Å². The molecule has 136 valence electrons. The standard InChI is InChI=1S/C19H16N4O4/c1-26-19(25)17-16(21)13(9-20)11-23(17)14-6-4-12(5-7-14)18(24)22-10-15-3-2-8-27-15/h2-8,11H,10,21H2,1H3,(H,22,24). The van der Waals surface area contributed by atoms with Gasteiger partial charge in [-0.05, 0) is 36.4 Å². The highest BCUT2D eigenvalue weighted by Gasteiger charge is 2.21. The number of nitrogen functional groups attached to an aromatic ring is 1. The van der Waals surface area contributed by atoms with E-state index in [2.05, 4.69) is 5.32 Å². The molecule has 3 aromatic rings. The highest BCUT2D eigenvalue weighted by Crippen LogP contribution is 2.24. The van der Waals surface area contributed by atoms with Gasteiger partial charge in [0, 0.05) is 17.4 Å². The summed E-state index contributed by atoms with van der Waals surface area (Å²) in [5.74, 6) is -0.278. The van der Waals surface area contributed by atoms with Crippen LogP contribution in [-0.2, 0) is 11.3 Å². The molecular weight excluding hydrogens is 348 g/mol. The first kappa shape index (κ1) is 17.8. The van der Waals surface area contributed by atoms with E-state index in [0.29, 0.717) is 17.0 Å². The summed E-state index contributed by atoms with van der Waals surface area (Å²) in [5, 5.41) is 11.9. The van der Waals surface area contributed by atoms with Crippen molar-refractivity contribution in [2.24, 2.45) is 0 Å². The summed E-state index contributed by atoms with van der Waals surface area (Å²) in [7, 11) is 1.23. The minimum Gasteiger partial charge on any atom is -0.467 e. The van der Waals surface area contributed by atoms with Gasteiger partial charge < -0.3 is 24.8 Å². The van der Waals surface area contributed by atoms with Crippen LogP contribution in [0.5, 0.6) is 0 Å². The highest BCUT2D eigenvalue weighted by atomic mass is 16.5.